The highest BCUT2D eigenvalue weighted by Crippen LogP contribution is 2.27. The van der Waals surface area contributed by atoms with Gasteiger partial charge in [0, 0.05) is 23.3 Å². The number of hydrogen-bond acceptors (Lipinski definition) is 4. The first kappa shape index (κ1) is 16.1. The predicted octanol–water partition coefficient (Wildman–Crippen LogP) is 5.06. The average molecular weight is 334 g/mol. The van der Waals surface area contributed by atoms with Crippen LogP contribution in [-0.2, 0) is 0 Å². The minimum Gasteiger partial charge on any atom is -0.457 e. The van der Waals surface area contributed by atoms with E-state index >= 15 is 0 Å². The molecule has 0 bridgehead atoms. The van der Waals surface area contributed by atoms with Gasteiger partial charge < -0.3 is 4.42 Å². The second-order valence-electron chi connectivity index (χ2n) is 5.16. The highest BCUT2D eigenvalue weighted by molar-refractivity contribution is 5.89. The zero-order valence-corrected chi connectivity index (χ0v) is 12.8. The first-order valence-electron chi connectivity index (χ1n) is 7.30. The van der Waals surface area contributed by atoms with Gasteiger partial charge in [-0.25, -0.2) is 4.39 Å². The summed E-state index contributed by atoms with van der Waals surface area (Å²) in [5.41, 5.74) is 0.984. The molecule has 0 atom stereocenters. The highest BCUT2D eigenvalue weighted by Gasteiger charge is 2.10. The molecule has 3 aromatic rings. The molecule has 0 fully saturated rings. The molecule has 25 heavy (non-hydrogen) atoms. The summed E-state index contributed by atoms with van der Waals surface area (Å²) in [7, 11) is 0. The van der Waals surface area contributed by atoms with Gasteiger partial charge in [-0.3, -0.25) is 10.1 Å². The summed E-state index contributed by atoms with van der Waals surface area (Å²) in [6.07, 6.45) is 1.45. The van der Waals surface area contributed by atoms with Crippen molar-refractivity contribution in [3.05, 3.63) is 87.9 Å². The predicted molar refractivity (Wildman–Crippen MR) is 90.7 cm³/mol. The van der Waals surface area contributed by atoms with Crippen LogP contribution in [0.3, 0.4) is 0 Å². The molecule has 0 aliphatic rings. The fraction of sp³-hybridized carbons (Fsp3) is 0. The molecular formula is C19H11FN2O3. The van der Waals surface area contributed by atoms with Crippen LogP contribution in [0, 0.1) is 27.3 Å². The zero-order valence-electron chi connectivity index (χ0n) is 12.8. The van der Waals surface area contributed by atoms with Gasteiger partial charge in [-0.15, -0.1) is 0 Å². The van der Waals surface area contributed by atoms with Crippen molar-refractivity contribution in [3.63, 3.8) is 0 Å². The molecule has 0 spiro atoms. The van der Waals surface area contributed by atoms with Gasteiger partial charge in [0.2, 0.25) is 0 Å². The Morgan fingerprint density at radius 3 is 2.48 bits per heavy atom. The second-order valence-corrected chi connectivity index (χ2v) is 5.16. The fourth-order valence-electron chi connectivity index (χ4n) is 2.33. The van der Waals surface area contributed by atoms with Gasteiger partial charge in [-0.05, 0) is 36.4 Å². The SMILES string of the molecule is N#CC(=Cc1ccc(-c2ccc([N+](=O)[O-])cc2)o1)c1ccccc1F. The maximum absolute atomic E-state index is 13.8. The maximum Gasteiger partial charge on any atom is 0.269 e. The van der Waals surface area contributed by atoms with Crippen LogP contribution < -0.4 is 0 Å². The standard InChI is InChI=1S/C19H11FN2O3/c20-18-4-2-1-3-17(18)14(12-21)11-16-9-10-19(25-16)13-5-7-15(8-6-13)22(23)24/h1-11H. The average Bonchev–Trinajstić information content (AvgIpc) is 3.09. The number of halogens is 1. The lowest BCUT2D eigenvalue weighted by atomic mass is 10.1. The number of hydrogen-bond donors (Lipinski definition) is 0. The molecule has 0 N–H and O–H groups in total. The number of nitriles is 1. The molecule has 0 saturated heterocycles. The Bertz CT molecular complexity index is 998. The first-order chi connectivity index (χ1) is 12.1. The number of nitro benzene ring substituents is 1. The quantitative estimate of drug-likeness (QED) is 0.379. The number of furan rings is 1. The van der Waals surface area contributed by atoms with Crippen LogP contribution in [0.15, 0.2) is 65.1 Å². The Hall–Kier alpha value is -3.72. The number of nitro groups is 1. The summed E-state index contributed by atoms with van der Waals surface area (Å²) in [6, 6.07) is 17.2. The molecule has 6 heteroatoms. The van der Waals surface area contributed by atoms with Crippen LogP contribution in [0.1, 0.15) is 11.3 Å². The molecule has 5 nitrogen and oxygen atoms in total. The monoisotopic (exact) mass is 334 g/mol. The second kappa shape index (κ2) is 6.81. The molecule has 2 aromatic carbocycles. The van der Waals surface area contributed by atoms with Gasteiger partial charge in [0.1, 0.15) is 17.3 Å². The van der Waals surface area contributed by atoms with Crippen LogP contribution in [-0.4, -0.2) is 4.92 Å². The Morgan fingerprint density at radius 1 is 1.12 bits per heavy atom. The van der Waals surface area contributed by atoms with Gasteiger partial charge in [0.05, 0.1) is 16.6 Å². The van der Waals surface area contributed by atoms with E-state index < -0.39 is 10.7 Å². The van der Waals surface area contributed by atoms with Gasteiger partial charge in [-0.1, -0.05) is 18.2 Å². The van der Waals surface area contributed by atoms with Crippen molar-refractivity contribution in [2.24, 2.45) is 0 Å². The lowest BCUT2D eigenvalue weighted by Gasteiger charge is -2.00. The Morgan fingerprint density at radius 2 is 1.84 bits per heavy atom. The van der Waals surface area contributed by atoms with E-state index in [1.54, 1.807) is 36.4 Å². The van der Waals surface area contributed by atoms with Gasteiger partial charge in [0.15, 0.2) is 0 Å². The Labute approximate surface area is 142 Å². The number of rotatable bonds is 4. The van der Waals surface area contributed by atoms with Crippen molar-refractivity contribution in [2.75, 3.05) is 0 Å². The van der Waals surface area contributed by atoms with Crippen LogP contribution in [0.5, 0.6) is 0 Å². The highest BCUT2D eigenvalue weighted by atomic mass is 19.1. The van der Waals surface area contributed by atoms with Crippen LogP contribution in [0.4, 0.5) is 10.1 Å². The van der Waals surface area contributed by atoms with Crippen molar-refractivity contribution in [2.45, 2.75) is 0 Å². The van der Waals surface area contributed by atoms with E-state index in [9.17, 15) is 19.8 Å². The van der Waals surface area contributed by atoms with Crippen LogP contribution >= 0.6 is 0 Å². The molecule has 0 aliphatic carbocycles. The lowest BCUT2D eigenvalue weighted by molar-refractivity contribution is -0.384. The van der Waals surface area contributed by atoms with Crippen LogP contribution in [0.25, 0.3) is 23.0 Å². The van der Waals surface area contributed by atoms with Crippen LogP contribution in [0.2, 0.25) is 0 Å². The molecule has 0 amide bonds. The smallest absolute Gasteiger partial charge is 0.269 e. The van der Waals surface area contributed by atoms with E-state index in [2.05, 4.69) is 0 Å². The summed E-state index contributed by atoms with van der Waals surface area (Å²) in [4.78, 5) is 10.2. The van der Waals surface area contributed by atoms with Gasteiger partial charge in [0.25, 0.3) is 5.69 Å². The minimum absolute atomic E-state index is 0.0123. The van der Waals surface area contributed by atoms with E-state index in [0.29, 0.717) is 17.1 Å². The number of benzene rings is 2. The molecule has 0 saturated carbocycles. The van der Waals surface area contributed by atoms with E-state index in [1.807, 2.05) is 6.07 Å². The number of non-ortho nitro benzene ring substituents is 1. The molecule has 122 valence electrons. The molecule has 1 heterocycles. The third-order valence-electron chi connectivity index (χ3n) is 3.56. The molecule has 0 unspecified atom stereocenters. The topological polar surface area (TPSA) is 80.1 Å². The zero-order chi connectivity index (χ0) is 17.8. The van der Waals surface area contributed by atoms with Crippen molar-refractivity contribution in [3.8, 4) is 17.4 Å². The largest absolute Gasteiger partial charge is 0.457 e. The molecule has 3 rings (SSSR count). The first-order valence-corrected chi connectivity index (χ1v) is 7.30. The maximum atomic E-state index is 13.8. The molecule has 0 radical (unpaired) electrons. The normalized spacial score (nSPS) is 11.1. The number of allylic oxidation sites excluding steroid dienone is 1. The Kier molecular flexibility index (Phi) is 4.40. The summed E-state index contributed by atoms with van der Waals surface area (Å²) in [5.74, 6) is 0.387. The summed E-state index contributed by atoms with van der Waals surface area (Å²) in [6.45, 7) is 0. The number of nitrogens with zero attached hydrogens (tertiary/aromatic N) is 2. The Balaban J connectivity index is 1.92. The van der Waals surface area contributed by atoms with Crippen molar-refractivity contribution in [1.29, 1.82) is 5.26 Å². The third kappa shape index (κ3) is 3.46. The van der Waals surface area contributed by atoms with E-state index in [0.717, 1.165) is 0 Å². The molecule has 0 aliphatic heterocycles. The summed E-state index contributed by atoms with van der Waals surface area (Å²) < 4.78 is 19.5. The minimum atomic E-state index is -0.488. The van der Waals surface area contributed by atoms with E-state index in [4.69, 9.17) is 4.42 Å². The van der Waals surface area contributed by atoms with Gasteiger partial charge in [-0.2, -0.15) is 5.26 Å². The van der Waals surface area contributed by atoms with E-state index in [-0.39, 0.29) is 16.8 Å². The summed E-state index contributed by atoms with van der Waals surface area (Å²) >= 11 is 0. The lowest BCUT2D eigenvalue weighted by Crippen LogP contribution is -1.87. The molecular weight excluding hydrogens is 323 g/mol. The van der Waals surface area contributed by atoms with Crippen molar-refractivity contribution >= 4 is 17.3 Å². The molecule has 1 aromatic heterocycles. The van der Waals surface area contributed by atoms with Crippen molar-refractivity contribution in [1.82, 2.24) is 0 Å². The summed E-state index contributed by atoms with van der Waals surface area (Å²) in [5, 5.41) is 20.0. The van der Waals surface area contributed by atoms with Crippen molar-refractivity contribution < 1.29 is 13.7 Å². The third-order valence-corrected chi connectivity index (χ3v) is 3.56. The van der Waals surface area contributed by atoms with Gasteiger partial charge >= 0.3 is 0 Å². The fourth-order valence-corrected chi connectivity index (χ4v) is 2.33. The van der Waals surface area contributed by atoms with E-state index in [1.165, 1.54) is 30.3 Å².